The van der Waals surface area contributed by atoms with E-state index in [0.717, 1.165) is 65.5 Å². The quantitative estimate of drug-likeness (QED) is 0.489. The molecule has 7 heteroatoms. The fourth-order valence-corrected chi connectivity index (χ4v) is 4.95. The van der Waals surface area contributed by atoms with Crippen molar-refractivity contribution in [2.24, 2.45) is 0 Å². The van der Waals surface area contributed by atoms with Crippen LogP contribution in [0.5, 0.6) is 5.75 Å². The first-order valence-corrected chi connectivity index (χ1v) is 10.9. The Morgan fingerprint density at radius 3 is 2.80 bits per heavy atom. The van der Waals surface area contributed by atoms with E-state index in [1.807, 2.05) is 35.2 Å². The Labute approximate surface area is 178 Å². The maximum atomic E-state index is 12.8. The molecule has 0 radical (unpaired) electrons. The monoisotopic (exact) mass is 421 g/mol. The number of piperazine rings is 1. The van der Waals surface area contributed by atoms with Gasteiger partial charge in [0.2, 0.25) is 5.91 Å². The van der Waals surface area contributed by atoms with Crippen molar-refractivity contribution < 1.29 is 13.9 Å². The minimum absolute atomic E-state index is 0.146. The number of thiazole rings is 1. The maximum absolute atomic E-state index is 12.8. The summed E-state index contributed by atoms with van der Waals surface area (Å²) in [6.07, 6.45) is 2.04. The van der Waals surface area contributed by atoms with E-state index in [1.165, 1.54) is 4.70 Å². The molecule has 1 aliphatic heterocycles. The van der Waals surface area contributed by atoms with E-state index in [2.05, 4.69) is 17.0 Å². The van der Waals surface area contributed by atoms with Crippen LogP contribution < -0.4 is 4.74 Å². The summed E-state index contributed by atoms with van der Waals surface area (Å²) in [5.74, 6) is 0.895. The Kier molecular flexibility index (Phi) is 5.14. The van der Waals surface area contributed by atoms with Gasteiger partial charge >= 0.3 is 0 Å². The van der Waals surface area contributed by atoms with Crippen molar-refractivity contribution in [3.8, 4) is 5.75 Å². The Morgan fingerprint density at radius 2 is 2.00 bits per heavy atom. The number of furan rings is 1. The molecule has 4 aromatic rings. The number of fused-ring (bicyclic) bond motifs is 2. The molecule has 1 fully saturated rings. The number of hydrogen-bond acceptors (Lipinski definition) is 6. The molecule has 30 heavy (non-hydrogen) atoms. The van der Waals surface area contributed by atoms with Crippen molar-refractivity contribution in [3.05, 3.63) is 59.3 Å². The van der Waals surface area contributed by atoms with Crippen molar-refractivity contribution in [1.29, 1.82) is 0 Å². The van der Waals surface area contributed by atoms with Crippen LogP contribution in [0.25, 0.3) is 21.2 Å². The highest BCUT2D eigenvalue weighted by molar-refractivity contribution is 7.18. The van der Waals surface area contributed by atoms with Crippen LogP contribution in [-0.4, -0.2) is 54.0 Å². The Balaban J connectivity index is 1.18. The average molecular weight is 422 g/mol. The SMILES string of the molecule is COc1ccc2c(CC(=O)N3CCN(Cc4nc5ccccc5s4)CC3)coc2c1. The lowest BCUT2D eigenvalue weighted by atomic mass is 10.1. The van der Waals surface area contributed by atoms with Crippen LogP contribution in [0.1, 0.15) is 10.6 Å². The summed E-state index contributed by atoms with van der Waals surface area (Å²) in [5, 5.41) is 2.11. The molecule has 0 bridgehead atoms. The Bertz CT molecular complexity index is 1160. The molecular weight excluding hydrogens is 398 g/mol. The summed E-state index contributed by atoms with van der Waals surface area (Å²) >= 11 is 1.75. The number of amides is 1. The van der Waals surface area contributed by atoms with E-state index in [1.54, 1.807) is 24.7 Å². The zero-order valence-electron chi connectivity index (χ0n) is 16.8. The predicted octanol–water partition coefficient (Wildman–Crippen LogP) is 3.94. The van der Waals surface area contributed by atoms with E-state index in [4.69, 9.17) is 14.1 Å². The van der Waals surface area contributed by atoms with Crippen LogP contribution in [0.4, 0.5) is 0 Å². The highest BCUT2D eigenvalue weighted by Gasteiger charge is 2.23. The van der Waals surface area contributed by atoms with Crippen LogP contribution in [0.2, 0.25) is 0 Å². The molecule has 2 aromatic heterocycles. The fraction of sp³-hybridized carbons (Fsp3) is 0.304. The van der Waals surface area contributed by atoms with Gasteiger partial charge in [0.1, 0.15) is 16.3 Å². The predicted molar refractivity (Wildman–Crippen MR) is 118 cm³/mol. The third-order valence-corrected chi connectivity index (χ3v) is 6.65. The third kappa shape index (κ3) is 3.78. The highest BCUT2D eigenvalue weighted by Crippen LogP contribution is 2.27. The largest absolute Gasteiger partial charge is 0.497 e. The van der Waals surface area contributed by atoms with Gasteiger partial charge in [-0.1, -0.05) is 12.1 Å². The number of nitrogens with zero attached hydrogens (tertiary/aromatic N) is 3. The number of methoxy groups -OCH3 is 1. The van der Waals surface area contributed by atoms with Gasteiger partial charge in [0, 0.05) is 43.2 Å². The second-order valence-corrected chi connectivity index (χ2v) is 8.65. The fourth-order valence-electron chi connectivity index (χ4n) is 3.94. The lowest BCUT2D eigenvalue weighted by Gasteiger charge is -2.34. The molecule has 0 saturated carbocycles. The zero-order chi connectivity index (χ0) is 20.5. The molecule has 1 amide bonds. The van der Waals surface area contributed by atoms with Crippen molar-refractivity contribution in [2.45, 2.75) is 13.0 Å². The smallest absolute Gasteiger partial charge is 0.227 e. The first-order chi connectivity index (χ1) is 14.7. The number of aromatic nitrogens is 1. The lowest BCUT2D eigenvalue weighted by molar-refractivity contribution is -0.132. The summed E-state index contributed by atoms with van der Waals surface area (Å²) in [6.45, 7) is 4.06. The van der Waals surface area contributed by atoms with Crippen molar-refractivity contribution >= 4 is 38.4 Å². The first-order valence-electron chi connectivity index (χ1n) is 10.1. The molecule has 2 aromatic carbocycles. The normalized spacial score (nSPS) is 15.2. The van der Waals surface area contributed by atoms with Gasteiger partial charge in [-0.2, -0.15) is 0 Å². The van der Waals surface area contributed by atoms with Crippen LogP contribution in [0.15, 0.2) is 53.1 Å². The summed E-state index contributed by atoms with van der Waals surface area (Å²) < 4.78 is 12.1. The molecule has 0 atom stereocenters. The van der Waals surface area contributed by atoms with Crippen molar-refractivity contribution in [1.82, 2.24) is 14.8 Å². The Hall–Kier alpha value is -2.90. The van der Waals surface area contributed by atoms with Gasteiger partial charge in [-0.15, -0.1) is 11.3 Å². The molecule has 154 valence electrons. The van der Waals surface area contributed by atoms with Gasteiger partial charge < -0.3 is 14.1 Å². The number of hydrogen-bond donors (Lipinski definition) is 0. The van der Waals surface area contributed by atoms with Gasteiger partial charge in [-0.25, -0.2) is 4.98 Å². The number of para-hydroxylation sites is 1. The molecular formula is C23H23N3O3S. The first kappa shape index (κ1) is 19.1. The summed E-state index contributed by atoms with van der Waals surface area (Å²) in [6, 6.07) is 13.9. The molecule has 1 aliphatic rings. The van der Waals surface area contributed by atoms with Gasteiger partial charge in [0.15, 0.2) is 0 Å². The van der Waals surface area contributed by atoms with Crippen LogP contribution in [0.3, 0.4) is 0 Å². The topological polar surface area (TPSA) is 58.8 Å². The zero-order valence-corrected chi connectivity index (χ0v) is 17.7. The van der Waals surface area contributed by atoms with Crippen LogP contribution in [0, 0.1) is 0 Å². The van der Waals surface area contributed by atoms with Crippen LogP contribution in [-0.2, 0) is 17.8 Å². The molecule has 6 nitrogen and oxygen atoms in total. The second kappa shape index (κ2) is 8.08. The summed E-state index contributed by atoms with van der Waals surface area (Å²) in [5.41, 5.74) is 2.74. The van der Waals surface area contributed by atoms with E-state index in [9.17, 15) is 4.79 Å². The number of ether oxygens (including phenoxy) is 1. The van der Waals surface area contributed by atoms with E-state index in [0.29, 0.717) is 6.42 Å². The van der Waals surface area contributed by atoms with Gasteiger partial charge in [0.05, 0.1) is 36.6 Å². The number of carbonyl (C=O) groups excluding carboxylic acids is 1. The highest BCUT2D eigenvalue weighted by atomic mass is 32.1. The minimum Gasteiger partial charge on any atom is -0.497 e. The van der Waals surface area contributed by atoms with Gasteiger partial charge in [-0.3, -0.25) is 9.69 Å². The molecule has 0 aliphatic carbocycles. The molecule has 5 rings (SSSR count). The standard InChI is InChI=1S/C23H23N3O3S/c1-28-17-6-7-18-16(15-29-20(18)13-17)12-23(27)26-10-8-25(9-11-26)14-22-24-19-4-2-3-5-21(19)30-22/h2-7,13,15H,8-12,14H2,1H3. The van der Waals surface area contributed by atoms with Crippen molar-refractivity contribution in [3.63, 3.8) is 0 Å². The number of carbonyl (C=O) groups is 1. The second-order valence-electron chi connectivity index (χ2n) is 7.53. The van der Waals surface area contributed by atoms with Crippen molar-refractivity contribution in [2.75, 3.05) is 33.3 Å². The van der Waals surface area contributed by atoms with E-state index < -0.39 is 0 Å². The number of benzene rings is 2. The molecule has 3 heterocycles. The molecule has 0 N–H and O–H groups in total. The summed E-state index contributed by atoms with van der Waals surface area (Å²) in [7, 11) is 1.63. The minimum atomic E-state index is 0.146. The van der Waals surface area contributed by atoms with Crippen LogP contribution >= 0.6 is 11.3 Å². The Morgan fingerprint density at radius 1 is 1.17 bits per heavy atom. The van der Waals surface area contributed by atoms with Gasteiger partial charge in [-0.05, 0) is 24.3 Å². The lowest BCUT2D eigenvalue weighted by Crippen LogP contribution is -2.48. The van der Waals surface area contributed by atoms with Gasteiger partial charge in [0.25, 0.3) is 0 Å². The molecule has 0 unspecified atom stereocenters. The molecule has 0 spiro atoms. The molecule has 1 saturated heterocycles. The summed E-state index contributed by atoms with van der Waals surface area (Å²) in [4.78, 5) is 21.9. The van der Waals surface area contributed by atoms with E-state index in [-0.39, 0.29) is 5.91 Å². The average Bonchev–Trinajstić information content (AvgIpc) is 3.37. The third-order valence-electron chi connectivity index (χ3n) is 5.63. The van der Waals surface area contributed by atoms with E-state index >= 15 is 0 Å². The maximum Gasteiger partial charge on any atom is 0.227 e. The number of rotatable bonds is 5.